The fraction of sp³-hybridized carbons (Fsp3) is 0.381. The number of aromatic amines is 1. The first-order valence-electron chi connectivity index (χ1n) is 9.43. The zero-order valence-corrected chi connectivity index (χ0v) is 15.8. The third kappa shape index (κ3) is 4.42. The molecule has 1 aliphatic rings. The molecule has 0 spiro atoms. The van der Waals surface area contributed by atoms with Crippen LogP contribution in [0.15, 0.2) is 29.1 Å². The van der Waals surface area contributed by atoms with Crippen molar-refractivity contribution in [3.8, 4) is 5.75 Å². The van der Waals surface area contributed by atoms with E-state index < -0.39 is 11.9 Å². The van der Waals surface area contributed by atoms with Crippen molar-refractivity contribution in [1.82, 2.24) is 10.3 Å². The van der Waals surface area contributed by atoms with Gasteiger partial charge >= 0.3 is 5.97 Å². The third-order valence-electron chi connectivity index (χ3n) is 5.05. The number of carboxylic acids is 1. The van der Waals surface area contributed by atoms with Gasteiger partial charge in [0.15, 0.2) is 0 Å². The first kappa shape index (κ1) is 19.7. The number of aromatic carboxylic acids is 1. The van der Waals surface area contributed by atoms with Crippen molar-refractivity contribution in [3.05, 3.63) is 62.6 Å². The molecule has 3 N–H and O–H groups in total. The molecule has 1 aliphatic carbocycles. The van der Waals surface area contributed by atoms with E-state index in [1.807, 2.05) is 0 Å². The topological polar surface area (TPSA) is 108 Å². The maximum atomic E-state index is 12.5. The molecular formula is C21H24N2O5. The zero-order valence-electron chi connectivity index (χ0n) is 15.8. The minimum absolute atomic E-state index is 0.133. The van der Waals surface area contributed by atoms with Crippen molar-refractivity contribution < 1.29 is 19.4 Å². The Kier molecular flexibility index (Phi) is 6.13. The van der Waals surface area contributed by atoms with E-state index >= 15 is 0 Å². The van der Waals surface area contributed by atoms with E-state index in [1.54, 1.807) is 12.1 Å². The number of aryl methyl sites for hydroxylation is 2. The number of carbonyl (C=O) groups excluding carboxylic acids is 1. The number of fused-ring (bicyclic) bond motifs is 1. The molecule has 0 bridgehead atoms. The second-order valence-corrected chi connectivity index (χ2v) is 6.91. The van der Waals surface area contributed by atoms with Crippen molar-refractivity contribution in [2.75, 3.05) is 13.7 Å². The number of amides is 1. The van der Waals surface area contributed by atoms with Crippen LogP contribution in [0.3, 0.4) is 0 Å². The smallest absolute Gasteiger partial charge is 0.335 e. The lowest BCUT2D eigenvalue weighted by molar-refractivity contribution is 0.0696. The summed E-state index contributed by atoms with van der Waals surface area (Å²) in [5.41, 5.74) is 2.69. The van der Waals surface area contributed by atoms with Gasteiger partial charge in [0.1, 0.15) is 11.3 Å². The lowest BCUT2D eigenvalue weighted by Crippen LogP contribution is -2.32. The molecule has 148 valence electrons. The van der Waals surface area contributed by atoms with E-state index in [0.717, 1.165) is 48.9 Å². The minimum atomic E-state index is -1.03. The van der Waals surface area contributed by atoms with Gasteiger partial charge in [-0.1, -0.05) is 12.5 Å². The summed E-state index contributed by atoms with van der Waals surface area (Å²) in [7, 11) is 1.47. The molecule has 0 unspecified atom stereocenters. The van der Waals surface area contributed by atoms with Gasteiger partial charge in [-0.2, -0.15) is 0 Å². The molecule has 0 aliphatic heterocycles. The maximum Gasteiger partial charge on any atom is 0.335 e. The van der Waals surface area contributed by atoms with E-state index in [2.05, 4.69) is 10.3 Å². The summed E-state index contributed by atoms with van der Waals surface area (Å²) < 4.78 is 5.24. The molecule has 0 fully saturated rings. The van der Waals surface area contributed by atoms with Crippen molar-refractivity contribution >= 4 is 11.9 Å². The number of nitrogens with one attached hydrogen (secondary N) is 2. The van der Waals surface area contributed by atoms with E-state index in [0.29, 0.717) is 18.7 Å². The Balaban J connectivity index is 1.67. The Morgan fingerprint density at radius 2 is 1.96 bits per heavy atom. The van der Waals surface area contributed by atoms with Gasteiger partial charge in [-0.15, -0.1) is 0 Å². The number of aromatic nitrogens is 1. The van der Waals surface area contributed by atoms with Crippen LogP contribution in [0.5, 0.6) is 5.75 Å². The molecule has 7 nitrogen and oxygen atoms in total. The Bertz CT molecular complexity index is 948. The van der Waals surface area contributed by atoms with Crippen LogP contribution in [0.4, 0.5) is 0 Å². The summed E-state index contributed by atoms with van der Waals surface area (Å²) in [6, 6.07) is 6.34. The molecule has 0 radical (unpaired) electrons. The number of rotatable bonds is 6. The molecule has 0 atom stereocenters. The highest BCUT2D eigenvalue weighted by atomic mass is 16.5. The van der Waals surface area contributed by atoms with Crippen LogP contribution >= 0.6 is 0 Å². The number of carboxylic acid groups (broad SMARTS) is 1. The fourth-order valence-electron chi connectivity index (χ4n) is 3.51. The average Bonchev–Trinajstić information content (AvgIpc) is 2.92. The number of ether oxygens (including phenoxy) is 1. The second kappa shape index (κ2) is 8.73. The zero-order chi connectivity index (χ0) is 20.1. The van der Waals surface area contributed by atoms with Crippen LogP contribution in [0.2, 0.25) is 0 Å². The summed E-state index contributed by atoms with van der Waals surface area (Å²) in [5.74, 6) is -0.980. The van der Waals surface area contributed by atoms with Gasteiger partial charge in [0.2, 0.25) is 0 Å². The third-order valence-corrected chi connectivity index (χ3v) is 5.05. The number of hydrogen-bond acceptors (Lipinski definition) is 4. The number of methoxy groups -OCH3 is 1. The van der Waals surface area contributed by atoms with Gasteiger partial charge in [-0.05, 0) is 61.4 Å². The summed E-state index contributed by atoms with van der Waals surface area (Å²) in [5, 5.41) is 11.8. The highest BCUT2D eigenvalue weighted by Crippen LogP contribution is 2.21. The standard InChI is InChI=1S/C21H24N2O5/c1-28-18-12-15(21(26)27)8-7-13(18)9-10-22-19(24)16-11-14-5-3-2-4-6-17(14)23-20(16)25/h7-8,11-12H,2-6,9-10H2,1H3,(H,22,24)(H,23,25)(H,26,27). The number of H-pyrrole nitrogens is 1. The summed E-state index contributed by atoms with van der Waals surface area (Å²) in [6.45, 7) is 0.304. The highest BCUT2D eigenvalue weighted by Gasteiger charge is 2.16. The van der Waals surface area contributed by atoms with Gasteiger partial charge in [0.25, 0.3) is 11.5 Å². The number of hydrogen-bond donors (Lipinski definition) is 3. The van der Waals surface area contributed by atoms with Crippen LogP contribution in [0.1, 0.15) is 56.8 Å². The normalized spacial score (nSPS) is 13.3. The predicted molar refractivity (Wildman–Crippen MR) is 104 cm³/mol. The fourth-order valence-corrected chi connectivity index (χ4v) is 3.51. The molecule has 28 heavy (non-hydrogen) atoms. The number of pyridine rings is 1. The Morgan fingerprint density at radius 3 is 2.71 bits per heavy atom. The van der Waals surface area contributed by atoms with Gasteiger partial charge in [0, 0.05) is 12.2 Å². The Hall–Kier alpha value is -3.09. The SMILES string of the molecule is COc1cc(C(=O)O)ccc1CCNC(=O)c1cc2c([nH]c1=O)CCCCC2. The van der Waals surface area contributed by atoms with Crippen LogP contribution in [0, 0.1) is 0 Å². The van der Waals surface area contributed by atoms with Gasteiger partial charge in [-0.25, -0.2) is 4.79 Å². The quantitative estimate of drug-likeness (QED) is 0.663. The Labute approximate surface area is 162 Å². The molecule has 7 heteroatoms. The molecule has 0 saturated carbocycles. The van der Waals surface area contributed by atoms with Gasteiger partial charge in [0.05, 0.1) is 12.7 Å². The summed E-state index contributed by atoms with van der Waals surface area (Å²) in [4.78, 5) is 38.7. The molecule has 1 aromatic heterocycles. The molecule has 2 aromatic rings. The van der Waals surface area contributed by atoms with Crippen LogP contribution < -0.4 is 15.6 Å². The van der Waals surface area contributed by atoms with Crippen LogP contribution in [0.25, 0.3) is 0 Å². The second-order valence-electron chi connectivity index (χ2n) is 6.91. The molecule has 1 heterocycles. The lowest BCUT2D eigenvalue weighted by Gasteiger charge is -2.11. The predicted octanol–water partition coefficient (Wildman–Crippen LogP) is 2.32. The van der Waals surface area contributed by atoms with Crippen molar-refractivity contribution in [1.29, 1.82) is 0 Å². The van der Waals surface area contributed by atoms with E-state index in [-0.39, 0.29) is 16.7 Å². The van der Waals surface area contributed by atoms with Crippen molar-refractivity contribution in [2.45, 2.75) is 38.5 Å². The van der Waals surface area contributed by atoms with E-state index in [9.17, 15) is 14.4 Å². The largest absolute Gasteiger partial charge is 0.496 e. The monoisotopic (exact) mass is 384 g/mol. The number of carbonyl (C=O) groups is 2. The van der Waals surface area contributed by atoms with E-state index in [4.69, 9.17) is 9.84 Å². The summed E-state index contributed by atoms with van der Waals surface area (Å²) >= 11 is 0. The first-order valence-corrected chi connectivity index (χ1v) is 9.43. The first-order chi connectivity index (χ1) is 13.5. The lowest BCUT2D eigenvalue weighted by atomic mass is 10.1. The average molecular weight is 384 g/mol. The maximum absolute atomic E-state index is 12.5. The molecule has 1 amide bonds. The number of benzene rings is 1. The molecular weight excluding hydrogens is 360 g/mol. The van der Waals surface area contributed by atoms with Crippen LogP contribution in [-0.2, 0) is 19.3 Å². The van der Waals surface area contributed by atoms with Gasteiger partial charge in [-0.3, -0.25) is 9.59 Å². The molecule has 1 aromatic carbocycles. The summed E-state index contributed by atoms with van der Waals surface area (Å²) in [6.07, 6.45) is 5.42. The van der Waals surface area contributed by atoms with E-state index in [1.165, 1.54) is 19.2 Å². The molecule has 3 rings (SSSR count). The van der Waals surface area contributed by atoms with Crippen molar-refractivity contribution in [2.24, 2.45) is 0 Å². The van der Waals surface area contributed by atoms with Crippen LogP contribution in [-0.4, -0.2) is 35.6 Å². The minimum Gasteiger partial charge on any atom is -0.496 e. The Morgan fingerprint density at radius 1 is 1.18 bits per heavy atom. The molecule has 0 saturated heterocycles. The van der Waals surface area contributed by atoms with Crippen molar-refractivity contribution in [3.63, 3.8) is 0 Å². The van der Waals surface area contributed by atoms with Gasteiger partial charge < -0.3 is 20.1 Å². The highest BCUT2D eigenvalue weighted by molar-refractivity contribution is 5.94.